The van der Waals surface area contributed by atoms with E-state index < -0.39 is 0 Å². The van der Waals surface area contributed by atoms with Crippen LogP contribution in [0.1, 0.15) is 34.0 Å². The van der Waals surface area contributed by atoms with Crippen LogP contribution in [0.15, 0.2) is 41.5 Å². The number of phenolic OH excluding ortho intramolecular Hbond substituents is 1. The molecule has 0 spiro atoms. The molecule has 1 heterocycles. The number of carbonyl (C=O) groups is 1. The van der Waals surface area contributed by atoms with Gasteiger partial charge in [-0.15, -0.1) is 11.3 Å². The summed E-state index contributed by atoms with van der Waals surface area (Å²) in [5.74, 6) is -0.163. The monoisotopic (exact) mass is 288 g/mol. The molecule has 2 rings (SSSR count). The van der Waals surface area contributed by atoms with Gasteiger partial charge in [-0.2, -0.15) is 5.10 Å². The van der Waals surface area contributed by atoms with Crippen LogP contribution >= 0.6 is 11.3 Å². The van der Waals surface area contributed by atoms with Gasteiger partial charge in [0.05, 0.1) is 10.6 Å². The largest absolute Gasteiger partial charge is 0.508 e. The molecule has 5 heteroatoms. The molecule has 0 radical (unpaired) electrons. The first kappa shape index (κ1) is 14.3. The average Bonchev–Trinajstić information content (AvgIpc) is 2.94. The molecule has 0 unspecified atom stereocenters. The number of benzene rings is 1. The Balaban J connectivity index is 2.04. The predicted molar refractivity (Wildman–Crippen MR) is 81.5 cm³/mol. The molecule has 1 aromatic heterocycles. The molecule has 2 N–H and O–H groups in total. The fourth-order valence-corrected chi connectivity index (χ4v) is 2.52. The molecule has 1 aromatic carbocycles. The molecule has 0 fully saturated rings. The molecule has 0 saturated heterocycles. The van der Waals surface area contributed by atoms with Gasteiger partial charge in [-0.05, 0) is 49.7 Å². The summed E-state index contributed by atoms with van der Waals surface area (Å²) in [4.78, 5) is 14.2. The summed E-state index contributed by atoms with van der Waals surface area (Å²) < 4.78 is 0. The van der Waals surface area contributed by atoms with E-state index in [1.807, 2.05) is 13.0 Å². The standard InChI is InChI=1S/C15H16N2O2S/c1-3-13-8-9-14(20-13)10(2)16-17-15(19)11-4-6-12(18)7-5-11/h4-9,18H,3H2,1-2H3,(H,17,19). The van der Waals surface area contributed by atoms with E-state index in [0.717, 1.165) is 17.0 Å². The summed E-state index contributed by atoms with van der Waals surface area (Å²) in [6, 6.07) is 10.1. The molecule has 4 nitrogen and oxygen atoms in total. The van der Waals surface area contributed by atoms with Crippen LogP contribution in [0, 0.1) is 0 Å². The summed E-state index contributed by atoms with van der Waals surface area (Å²) >= 11 is 1.68. The van der Waals surface area contributed by atoms with Gasteiger partial charge in [-0.25, -0.2) is 5.43 Å². The van der Waals surface area contributed by atoms with Crippen molar-refractivity contribution in [2.75, 3.05) is 0 Å². The molecule has 0 bridgehead atoms. The van der Waals surface area contributed by atoms with E-state index in [1.165, 1.54) is 17.0 Å². The van der Waals surface area contributed by atoms with Crippen molar-refractivity contribution in [3.05, 3.63) is 51.7 Å². The van der Waals surface area contributed by atoms with Crippen molar-refractivity contribution in [2.45, 2.75) is 20.3 Å². The highest BCUT2D eigenvalue weighted by atomic mass is 32.1. The van der Waals surface area contributed by atoms with Crippen molar-refractivity contribution >= 4 is 23.0 Å². The second kappa shape index (κ2) is 6.34. The van der Waals surface area contributed by atoms with Gasteiger partial charge >= 0.3 is 0 Å². The fourth-order valence-electron chi connectivity index (χ4n) is 1.63. The van der Waals surface area contributed by atoms with Crippen LogP contribution in [-0.2, 0) is 6.42 Å². The van der Waals surface area contributed by atoms with E-state index >= 15 is 0 Å². The third-order valence-corrected chi connectivity index (χ3v) is 4.16. The van der Waals surface area contributed by atoms with Crippen LogP contribution in [-0.4, -0.2) is 16.7 Å². The number of hydrogen-bond donors (Lipinski definition) is 2. The van der Waals surface area contributed by atoms with E-state index in [9.17, 15) is 9.90 Å². The van der Waals surface area contributed by atoms with Crippen molar-refractivity contribution in [1.29, 1.82) is 0 Å². The molecular weight excluding hydrogens is 272 g/mol. The molecule has 0 atom stereocenters. The van der Waals surface area contributed by atoms with Gasteiger partial charge in [0.2, 0.25) is 0 Å². The number of carbonyl (C=O) groups excluding carboxylic acids is 1. The molecule has 0 saturated carbocycles. The minimum Gasteiger partial charge on any atom is -0.508 e. The maximum atomic E-state index is 11.9. The first-order valence-electron chi connectivity index (χ1n) is 6.33. The summed E-state index contributed by atoms with van der Waals surface area (Å²) in [6.07, 6.45) is 0.998. The van der Waals surface area contributed by atoms with Crippen LogP contribution < -0.4 is 5.43 Å². The van der Waals surface area contributed by atoms with Crippen molar-refractivity contribution < 1.29 is 9.90 Å². The van der Waals surface area contributed by atoms with Gasteiger partial charge in [-0.1, -0.05) is 6.92 Å². The van der Waals surface area contributed by atoms with Crippen LogP contribution in [0.4, 0.5) is 0 Å². The zero-order valence-corrected chi connectivity index (χ0v) is 12.2. The molecular formula is C15H16N2O2S. The fraction of sp³-hybridized carbons (Fsp3) is 0.200. The smallest absolute Gasteiger partial charge is 0.271 e. The Hall–Kier alpha value is -2.14. The van der Waals surface area contributed by atoms with E-state index in [1.54, 1.807) is 23.5 Å². The Bertz CT molecular complexity index is 630. The third kappa shape index (κ3) is 3.45. The second-order valence-corrected chi connectivity index (χ2v) is 5.47. The highest BCUT2D eigenvalue weighted by Gasteiger charge is 2.06. The number of phenols is 1. The predicted octanol–water partition coefficient (Wildman–Crippen LogP) is 3.17. The number of aryl methyl sites for hydroxylation is 1. The van der Waals surface area contributed by atoms with E-state index in [-0.39, 0.29) is 11.7 Å². The lowest BCUT2D eigenvalue weighted by Crippen LogP contribution is -2.18. The van der Waals surface area contributed by atoms with Crippen molar-refractivity contribution in [3.8, 4) is 5.75 Å². The highest BCUT2D eigenvalue weighted by Crippen LogP contribution is 2.17. The van der Waals surface area contributed by atoms with Gasteiger partial charge in [0.25, 0.3) is 5.91 Å². The Labute approximate surface area is 121 Å². The maximum absolute atomic E-state index is 11.9. The number of hydrogen-bond acceptors (Lipinski definition) is 4. The zero-order chi connectivity index (χ0) is 14.5. The zero-order valence-electron chi connectivity index (χ0n) is 11.4. The minimum absolute atomic E-state index is 0.131. The van der Waals surface area contributed by atoms with Crippen LogP contribution in [0.2, 0.25) is 0 Å². The van der Waals surface area contributed by atoms with E-state index in [0.29, 0.717) is 5.56 Å². The van der Waals surface area contributed by atoms with Gasteiger partial charge in [0.15, 0.2) is 0 Å². The Morgan fingerprint density at radius 1 is 1.25 bits per heavy atom. The molecule has 20 heavy (non-hydrogen) atoms. The first-order chi connectivity index (χ1) is 9.60. The Kier molecular flexibility index (Phi) is 4.53. The maximum Gasteiger partial charge on any atom is 0.271 e. The number of aromatic hydroxyl groups is 1. The third-order valence-electron chi connectivity index (χ3n) is 2.82. The quantitative estimate of drug-likeness (QED) is 0.670. The number of thiophene rings is 1. The lowest BCUT2D eigenvalue weighted by atomic mass is 10.2. The van der Waals surface area contributed by atoms with Crippen LogP contribution in [0.3, 0.4) is 0 Å². The first-order valence-corrected chi connectivity index (χ1v) is 7.14. The number of nitrogens with zero attached hydrogens (tertiary/aromatic N) is 1. The SMILES string of the molecule is CCc1ccc(C(C)=NNC(=O)c2ccc(O)cc2)s1. The molecule has 0 aliphatic carbocycles. The minimum atomic E-state index is -0.295. The van der Waals surface area contributed by atoms with Crippen molar-refractivity contribution in [2.24, 2.45) is 5.10 Å². The van der Waals surface area contributed by atoms with E-state index in [4.69, 9.17) is 0 Å². The Morgan fingerprint density at radius 3 is 2.55 bits per heavy atom. The highest BCUT2D eigenvalue weighted by molar-refractivity contribution is 7.14. The van der Waals surface area contributed by atoms with Gasteiger partial charge in [0.1, 0.15) is 5.75 Å². The topological polar surface area (TPSA) is 61.7 Å². The molecule has 0 aliphatic rings. The molecule has 104 valence electrons. The van der Waals surface area contributed by atoms with Crippen LogP contribution in [0.5, 0.6) is 5.75 Å². The van der Waals surface area contributed by atoms with Gasteiger partial charge < -0.3 is 5.11 Å². The molecule has 0 aliphatic heterocycles. The van der Waals surface area contributed by atoms with Crippen molar-refractivity contribution in [3.63, 3.8) is 0 Å². The number of hydrazone groups is 1. The summed E-state index contributed by atoms with van der Waals surface area (Å²) in [5, 5.41) is 13.3. The lowest BCUT2D eigenvalue weighted by molar-refractivity contribution is 0.0955. The van der Waals surface area contributed by atoms with E-state index in [2.05, 4.69) is 23.5 Å². The molecule has 1 amide bonds. The summed E-state index contributed by atoms with van der Waals surface area (Å²) in [5.41, 5.74) is 3.76. The van der Waals surface area contributed by atoms with Crippen LogP contribution in [0.25, 0.3) is 0 Å². The number of amides is 1. The normalized spacial score (nSPS) is 11.4. The lowest BCUT2D eigenvalue weighted by Gasteiger charge is -2.01. The summed E-state index contributed by atoms with van der Waals surface area (Å²) in [6.45, 7) is 3.97. The van der Waals surface area contributed by atoms with Gasteiger partial charge in [-0.3, -0.25) is 4.79 Å². The number of nitrogens with one attached hydrogen (secondary N) is 1. The second-order valence-electron chi connectivity index (χ2n) is 4.30. The summed E-state index contributed by atoms with van der Waals surface area (Å²) in [7, 11) is 0. The Morgan fingerprint density at radius 2 is 1.95 bits per heavy atom. The average molecular weight is 288 g/mol. The van der Waals surface area contributed by atoms with Gasteiger partial charge in [0, 0.05) is 10.4 Å². The number of rotatable bonds is 4. The van der Waals surface area contributed by atoms with Crippen molar-refractivity contribution in [1.82, 2.24) is 5.43 Å². The molecule has 2 aromatic rings.